The molecule has 4 aromatic rings. The Morgan fingerprint density at radius 2 is 1.94 bits per heavy atom. The van der Waals surface area contributed by atoms with E-state index in [4.69, 9.17) is 4.98 Å². The highest BCUT2D eigenvalue weighted by Gasteiger charge is 2.34. The third-order valence-electron chi connectivity index (χ3n) is 6.39. The number of hydrogen-bond acceptors (Lipinski definition) is 8. The number of sulfone groups is 1. The van der Waals surface area contributed by atoms with Gasteiger partial charge in [-0.25, -0.2) is 22.8 Å². The fourth-order valence-corrected chi connectivity index (χ4v) is 6.19. The number of fused-ring (bicyclic) bond motifs is 1. The molecular formula is C22H22N8O3S. The maximum Gasteiger partial charge on any atom is 0.256 e. The van der Waals surface area contributed by atoms with E-state index in [1.54, 1.807) is 16.8 Å². The van der Waals surface area contributed by atoms with Crippen LogP contribution in [-0.4, -0.2) is 60.8 Å². The lowest BCUT2D eigenvalue weighted by Crippen LogP contribution is -2.15. The van der Waals surface area contributed by atoms with Crippen molar-refractivity contribution in [1.29, 1.82) is 0 Å². The Balaban J connectivity index is 1.37. The minimum Gasteiger partial charge on any atom is -0.322 e. The summed E-state index contributed by atoms with van der Waals surface area (Å²) in [5.41, 5.74) is 4.01. The van der Waals surface area contributed by atoms with Crippen molar-refractivity contribution in [2.45, 2.75) is 38.1 Å². The van der Waals surface area contributed by atoms with Gasteiger partial charge in [-0.1, -0.05) is 0 Å². The van der Waals surface area contributed by atoms with Crippen molar-refractivity contribution in [3.8, 4) is 5.69 Å². The van der Waals surface area contributed by atoms with Gasteiger partial charge >= 0.3 is 0 Å². The van der Waals surface area contributed by atoms with Crippen molar-refractivity contribution < 1.29 is 13.2 Å². The van der Waals surface area contributed by atoms with Crippen LogP contribution in [0.15, 0.2) is 36.7 Å². The van der Waals surface area contributed by atoms with Crippen LogP contribution in [0.2, 0.25) is 0 Å². The molecule has 1 N–H and O–H groups in total. The molecule has 0 radical (unpaired) electrons. The summed E-state index contributed by atoms with van der Waals surface area (Å²) < 4.78 is 27.4. The zero-order valence-electron chi connectivity index (χ0n) is 18.4. The van der Waals surface area contributed by atoms with Gasteiger partial charge in [-0.15, -0.1) is 5.10 Å². The molecule has 11 nitrogen and oxygen atoms in total. The quantitative estimate of drug-likeness (QED) is 0.461. The van der Waals surface area contributed by atoms with E-state index >= 15 is 0 Å². The number of nitrogens with zero attached hydrogens (tertiary/aromatic N) is 7. The van der Waals surface area contributed by atoms with Gasteiger partial charge in [-0.2, -0.15) is 5.10 Å². The smallest absolute Gasteiger partial charge is 0.256 e. The normalized spacial score (nSPS) is 19.5. The van der Waals surface area contributed by atoms with Crippen LogP contribution in [0.5, 0.6) is 0 Å². The molecule has 0 bridgehead atoms. The summed E-state index contributed by atoms with van der Waals surface area (Å²) in [4.78, 5) is 18.3. The molecule has 3 aromatic heterocycles. The number of benzene rings is 1. The number of carbonyl (C=O) groups excluding carboxylic acids is 1. The van der Waals surface area contributed by atoms with Crippen LogP contribution in [0.25, 0.3) is 16.7 Å². The Kier molecular flexibility index (Phi) is 4.73. The summed E-state index contributed by atoms with van der Waals surface area (Å²) in [6.07, 6.45) is 4.06. The Morgan fingerprint density at radius 3 is 2.59 bits per heavy atom. The molecule has 2 aliphatic rings. The van der Waals surface area contributed by atoms with E-state index in [9.17, 15) is 13.2 Å². The molecule has 1 saturated heterocycles. The second-order valence-electron chi connectivity index (χ2n) is 8.91. The van der Waals surface area contributed by atoms with Crippen molar-refractivity contribution in [1.82, 2.24) is 35.0 Å². The summed E-state index contributed by atoms with van der Waals surface area (Å²) in [6.45, 7) is 1.83. The number of aromatic nitrogens is 7. The van der Waals surface area contributed by atoms with E-state index in [1.165, 1.54) is 11.0 Å². The lowest BCUT2D eigenvalue weighted by Gasteiger charge is -2.12. The summed E-state index contributed by atoms with van der Waals surface area (Å²) in [6, 6.07) is 8.79. The molecule has 0 spiro atoms. The van der Waals surface area contributed by atoms with Gasteiger partial charge in [0.1, 0.15) is 6.33 Å². The zero-order valence-corrected chi connectivity index (χ0v) is 19.2. The Morgan fingerprint density at radius 1 is 1.15 bits per heavy atom. The van der Waals surface area contributed by atoms with Crippen LogP contribution >= 0.6 is 0 Å². The summed E-state index contributed by atoms with van der Waals surface area (Å²) in [7, 11) is -3.09. The molecule has 174 valence electrons. The molecule has 1 saturated carbocycles. The number of carbonyl (C=O) groups is 1. The zero-order chi connectivity index (χ0) is 23.4. The highest BCUT2D eigenvalue weighted by molar-refractivity contribution is 7.91. The van der Waals surface area contributed by atoms with E-state index < -0.39 is 9.84 Å². The summed E-state index contributed by atoms with van der Waals surface area (Å²) in [5, 5.41) is 19.4. The first-order valence-corrected chi connectivity index (χ1v) is 12.9. The largest absolute Gasteiger partial charge is 0.322 e. The molecule has 4 heterocycles. The van der Waals surface area contributed by atoms with Gasteiger partial charge in [0.2, 0.25) is 0 Å². The van der Waals surface area contributed by atoms with E-state index in [0.717, 1.165) is 24.2 Å². The SMILES string of the molecule is Cc1nn([C@@H]2CCS(=O)(=O)C2)c2nc(C3CC3)cc(C(=O)Nc3ccc(-n4cnnn4)cc3)c12. The second kappa shape index (κ2) is 7.69. The predicted molar refractivity (Wildman–Crippen MR) is 124 cm³/mol. The van der Waals surface area contributed by atoms with Crippen LogP contribution in [0.3, 0.4) is 0 Å². The number of anilines is 1. The van der Waals surface area contributed by atoms with Crippen molar-refractivity contribution in [3.63, 3.8) is 0 Å². The molecule has 0 unspecified atom stereocenters. The molecule has 2 fully saturated rings. The Labute approximate surface area is 195 Å². The average molecular weight is 479 g/mol. The molecule has 1 atom stereocenters. The number of hydrogen-bond donors (Lipinski definition) is 1. The molecule has 34 heavy (non-hydrogen) atoms. The summed E-state index contributed by atoms with van der Waals surface area (Å²) in [5.74, 6) is 0.260. The first kappa shape index (κ1) is 20.9. The van der Waals surface area contributed by atoms with Crippen molar-refractivity contribution in [2.75, 3.05) is 16.8 Å². The minimum absolute atomic E-state index is 0.0493. The predicted octanol–water partition coefficient (Wildman–Crippen LogP) is 2.20. The maximum absolute atomic E-state index is 13.4. The third kappa shape index (κ3) is 3.73. The van der Waals surface area contributed by atoms with Crippen molar-refractivity contribution >= 4 is 32.5 Å². The Hall–Kier alpha value is -3.67. The Bertz CT molecular complexity index is 1510. The molecule has 1 aliphatic carbocycles. The van der Waals surface area contributed by atoms with Crippen molar-refractivity contribution in [3.05, 3.63) is 53.6 Å². The van der Waals surface area contributed by atoms with E-state index in [2.05, 4.69) is 25.9 Å². The standard InChI is InChI=1S/C22H22N8O3S/c1-13-20-18(22(31)24-15-4-6-16(7-5-15)29-12-23-27-28-29)10-19(14-2-3-14)25-21(20)30(26-13)17-8-9-34(32,33)11-17/h4-7,10,12,14,17H,2-3,8-9,11H2,1H3,(H,24,31)/t17-/m1/s1. The lowest BCUT2D eigenvalue weighted by molar-refractivity contribution is 0.102. The minimum atomic E-state index is -3.09. The van der Waals surface area contributed by atoms with Crippen LogP contribution in [-0.2, 0) is 9.84 Å². The van der Waals surface area contributed by atoms with Gasteiger partial charge in [0.05, 0.1) is 39.9 Å². The van der Waals surface area contributed by atoms with E-state index in [-0.39, 0.29) is 23.5 Å². The van der Waals surface area contributed by atoms with Crippen LogP contribution in [0, 0.1) is 6.92 Å². The number of tetrazole rings is 1. The van der Waals surface area contributed by atoms with Crippen LogP contribution in [0.4, 0.5) is 5.69 Å². The van der Waals surface area contributed by atoms with Crippen LogP contribution < -0.4 is 5.32 Å². The second-order valence-corrected chi connectivity index (χ2v) is 11.1. The summed E-state index contributed by atoms with van der Waals surface area (Å²) >= 11 is 0. The molecule has 1 amide bonds. The van der Waals surface area contributed by atoms with Gasteiger partial charge in [-0.3, -0.25) is 4.79 Å². The maximum atomic E-state index is 13.4. The monoisotopic (exact) mass is 478 g/mol. The van der Waals surface area contributed by atoms with Crippen molar-refractivity contribution in [2.24, 2.45) is 0 Å². The first-order chi connectivity index (χ1) is 16.4. The lowest BCUT2D eigenvalue weighted by atomic mass is 10.1. The topological polar surface area (TPSA) is 138 Å². The third-order valence-corrected chi connectivity index (χ3v) is 8.14. The number of pyridine rings is 1. The fourth-order valence-electron chi connectivity index (χ4n) is 4.50. The van der Waals surface area contributed by atoms with Gasteiger partial charge in [-0.05, 0) is 66.9 Å². The number of nitrogens with one attached hydrogen (secondary N) is 1. The first-order valence-electron chi connectivity index (χ1n) is 11.1. The van der Waals surface area contributed by atoms with Gasteiger partial charge in [0, 0.05) is 17.3 Å². The highest BCUT2D eigenvalue weighted by atomic mass is 32.2. The molecule has 1 aromatic carbocycles. The number of amides is 1. The van der Waals surface area contributed by atoms with Crippen LogP contribution in [0.1, 0.15) is 53.0 Å². The molecule has 6 rings (SSSR count). The van der Waals surface area contributed by atoms with E-state index in [1.807, 2.05) is 25.1 Å². The number of aryl methyl sites for hydroxylation is 1. The average Bonchev–Trinajstić information content (AvgIpc) is 3.24. The molecular weight excluding hydrogens is 456 g/mol. The van der Waals surface area contributed by atoms with E-state index in [0.29, 0.717) is 40.3 Å². The van der Waals surface area contributed by atoms with Gasteiger partial charge in [0.15, 0.2) is 15.5 Å². The van der Waals surface area contributed by atoms with Gasteiger partial charge < -0.3 is 5.32 Å². The number of rotatable bonds is 5. The molecule has 12 heteroatoms. The highest BCUT2D eigenvalue weighted by Crippen LogP contribution is 2.41. The molecule has 1 aliphatic heterocycles. The fraction of sp³-hybridized carbons (Fsp3) is 0.364. The van der Waals surface area contributed by atoms with Gasteiger partial charge in [0.25, 0.3) is 5.91 Å².